The van der Waals surface area contributed by atoms with Crippen molar-refractivity contribution in [3.8, 4) is 17.0 Å². The van der Waals surface area contributed by atoms with Gasteiger partial charge in [0.05, 0.1) is 30.4 Å². The van der Waals surface area contributed by atoms with E-state index in [1.54, 1.807) is 29.2 Å². The number of benzene rings is 1. The molecule has 10 heteroatoms. The normalized spacial score (nSPS) is 14.7. The second-order valence-corrected chi connectivity index (χ2v) is 10.5. The minimum absolute atomic E-state index is 0.0464. The maximum absolute atomic E-state index is 12.4. The fourth-order valence-corrected chi connectivity index (χ4v) is 4.24. The van der Waals surface area contributed by atoms with Gasteiger partial charge in [0, 0.05) is 24.9 Å². The molecule has 0 radical (unpaired) electrons. The molecule has 1 amide bonds. The molecule has 0 bridgehead atoms. The first-order valence-corrected chi connectivity index (χ1v) is 13.0. The highest BCUT2D eigenvalue weighted by Crippen LogP contribution is 2.27. The van der Waals surface area contributed by atoms with Crippen molar-refractivity contribution in [1.29, 1.82) is 0 Å². The zero-order chi connectivity index (χ0) is 24.9. The Labute approximate surface area is 199 Å². The molecule has 1 aliphatic rings. The third kappa shape index (κ3) is 6.47. The van der Waals surface area contributed by atoms with Gasteiger partial charge >= 0.3 is 12.1 Å². The average Bonchev–Trinajstić information content (AvgIpc) is 2.81. The number of likely N-dealkylation sites (tertiary alicyclic amines) is 1. The molecule has 1 aromatic carbocycles. The van der Waals surface area contributed by atoms with Crippen LogP contribution in [0.2, 0.25) is 0 Å². The Balaban J connectivity index is 1.68. The summed E-state index contributed by atoms with van der Waals surface area (Å²) < 4.78 is 39.4. The lowest BCUT2D eigenvalue weighted by molar-refractivity contribution is 0.0566. The highest BCUT2D eigenvalue weighted by atomic mass is 32.2. The molecule has 3 rings (SSSR count). The quantitative estimate of drug-likeness (QED) is 0.542. The van der Waals surface area contributed by atoms with Crippen LogP contribution in [0.25, 0.3) is 11.3 Å². The van der Waals surface area contributed by atoms with E-state index in [2.05, 4.69) is 4.98 Å². The minimum atomic E-state index is -3.31. The topological polar surface area (TPSA) is 112 Å². The number of carbonyl (C=O) groups is 2. The van der Waals surface area contributed by atoms with Crippen molar-refractivity contribution in [3.05, 3.63) is 42.1 Å². The molecule has 184 valence electrons. The van der Waals surface area contributed by atoms with Gasteiger partial charge in [-0.05, 0) is 56.9 Å². The van der Waals surface area contributed by atoms with E-state index in [-0.39, 0.29) is 28.7 Å². The third-order valence-corrected chi connectivity index (χ3v) is 6.63. The van der Waals surface area contributed by atoms with Crippen LogP contribution in [0.4, 0.5) is 4.79 Å². The molecular weight excluding hydrogens is 460 g/mol. The number of nitrogens with zero attached hydrogens (tertiary/aromatic N) is 2. The van der Waals surface area contributed by atoms with Crippen LogP contribution in [0.3, 0.4) is 0 Å². The Kier molecular flexibility index (Phi) is 8.14. The van der Waals surface area contributed by atoms with Gasteiger partial charge in [0.15, 0.2) is 21.3 Å². The minimum Gasteiger partial charge on any atom is -0.491 e. The Morgan fingerprint density at radius 1 is 1.09 bits per heavy atom. The van der Waals surface area contributed by atoms with Gasteiger partial charge in [0.1, 0.15) is 0 Å². The lowest BCUT2D eigenvalue weighted by Crippen LogP contribution is -2.40. The van der Waals surface area contributed by atoms with E-state index in [1.807, 2.05) is 13.8 Å². The molecular formula is C24H30N2O7S. The number of hydrogen-bond acceptors (Lipinski definition) is 8. The molecule has 1 saturated heterocycles. The zero-order valence-electron chi connectivity index (χ0n) is 19.8. The Morgan fingerprint density at radius 3 is 2.29 bits per heavy atom. The molecule has 34 heavy (non-hydrogen) atoms. The van der Waals surface area contributed by atoms with E-state index >= 15 is 0 Å². The van der Waals surface area contributed by atoms with Crippen LogP contribution in [-0.2, 0) is 19.3 Å². The predicted octanol–water partition coefficient (Wildman–Crippen LogP) is 3.57. The molecule has 0 atom stereocenters. The molecule has 1 fully saturated rings. The van der Waals surface area contributed by atoms with E-state index in [0.29, 0.717) is 36.7 Å². The maximum atomic E-state index is 12.4. The highest BCUT2D eigenvalue weighted by Gasteiger charge is 2.25. The van der Waals surface area contributed by atoms with Gasteiger partial charge in [-0.1, -0.05) is 12.1 Å². The lowest BCUT2D eigenvalue weighted by atomic mass is 9.98. The van der Waals surface area contributed by atoms with Gasteiger partial charge < -0.3 is 19.1 Å². The first kappa shape index (κ1) is 25.5. The van der Waals surface area contributed by atoms with Crippen molar-refractivity contribution >= 4 is 21.9 Å². The van der Waals surface area contributed by atoms with E-state index in [4.69, 9.17) is 14.2 Å². The highest BCUT2D eigenvalue weighted by molar-refractivity contribution is 7.90. The summed E-state index contributed by atoms with van der Waals surface area (Å²) in [7, 11) is -2.04. The number of rotatable bonds is 7. The number of methoxy groups -OCH3 is 1. The number of esters is 1. The number of ether oxygens (including phenoxy) is 3. The molecule has 2 aromatic rings. The van der Waals surface area contributed by atoms with E-state index in [0.717, 1.165) is 19.1 Å². The Hall–Kier alpha value is -3.14. The molecule has 2 heterocycles. The van der Waals surface area contributed by atoms with Crippen LogP contribution in [0.1, 0.15) is 37.2 Å². The van der Waals surface area contributed by atoms with E-state index < -0.39 is 15.8 Å². The zero-order valence-corrected chi connectivity index (χ0v) is 20.6. The first-order chi connectivity index (χ1) is 16.1. The second-order valence-electron chi connectivity index (χ2n) is 8.51. The SMILES string of the molecule is COC(=O)c1nc(-c2ccc(S(C)(=O)=O)cc2)ccc1OCC1CCN(C(=O)OC(C)C)CC1. The summed E-state index contributed by atoms with van der Waals surface area (Å²) in [5, 5.41) is 0. The number of sulfone groups is 1. The van der Waals surface area contributed by atoms with E-state index in [1.165, 1.54) is 19.2 Å². The largest absolute Gasteiger partial charge is 0.491 e. The summed E-state index contributed by atoms with van der Waals surface area (Å²) in [6, 6.07) is 9.64. The number of carbonyl (C=O) groups excluding carboxylic acids is 2. The molecule has 0 N–H and O–H groups in total. The summed E-state index contributed by atoms with van der Waals surface area (Å²) in [6.07, 6.45) is 2.21. The number of piperidine rings is 1. The maximum Gasteiger partial charge on any atom is 0.410 e. The van der Waals surface area contributed by atoms with Crippen LogP contribution in [0.15, 0.2) is 41.3 Å². The molecule has 0 spiro atoms. The molecule has 0 unspecified atom stereocenters. The second kappa shape index (κ2) is 10.9. The summed E-state index contributed by atoms with van der Waals surface area (Å²) in [6.45, 7) is 5.19. The van der Waals surface area contributed by atoms with Gasteiger partial charge in [-0.15, -0.1) is 0 Å². The molecule has 0 aliphatic carbocycles. The molecule has 1 aliphatic heterocycles. The standard InChI is InChI=1S/C24H30N2O7S/c1-16(2)33-24(28)26-13-11-17(12-14-26)15-32-21-10-9-20(25-22(21)23(27)31-3)18-5-7-19(8-6-18)34(4,29)30/h5-10,16-17H,11-15H2,1-4H3. The van der Waals surface area contributed by atoms with Crippen molar-refractivity contribution in [1.82, 2.24) is 9.88 Å². The van der Waals surface area contributed by atoms with Gasteiger partial charge in [0.2, 0.25) is 0 Å². The Morgan fingerprint density at radius 2 is 1.74 bits per heavy atom. The summed E-state index contributed by atoms with van der Waals surface area (Å²) in [5.41, 5.74) is 1.19. The lowest BCUT2D eigenvalue weighted by Gasteiger charge is -2.31. The van der Waals surface area contributed by atoms with Crippen molar-refractivity contribution in [2.24, 2.45) is 5.92 Å². The van der Waals surface area contributed by atoms with Crippen molar-refractivity contribution in [2.45, 2.75) is 37.7 Å². The van der Waals surface area contributed by atoms with Crippen LogP contribution in [0.5, 0.6) is 5.75 Å². The van der Waals surface area contributed by atoms with Crippen LogP contribution >= 0.6 is 0 Å². The predicted molar refractivity (Wildman–Crippen MR) is 126 cm³/mol. The van der Waals surface area contributed by atoms with Gasteiger partial charge in [-0.25, -0.2) is 23.0 Å². The van der Waals surface area contributed by atoms with Crippen LogP contribution < -0.4 is 4.74 Å². The summed E-state index contributed by atoms with van der Waals surface area (Å²) in [4.78, 5) is 30.7. The molecule has 1 aromatic heterocycles. The monoisotopic (exact) mass is 490 g/mol. The van der Waals surface area contributed by atoms with Gasteiger partial charge in [0.25, 0.3) is 0 Å². The van der Waals surface area contributed by atoms with Crippen molar-refractivity contribution in [2.75, 3.05) is 33.1 Å². The van der Waals surface area contributed by atoms with Gasteiger partial charge in [-0.3, -0.25) is 0 Å². The Bertz CT molecular complexity index is 1120. The van der Waals surface area contributed by atoms with Crippen molar-refractivity contribution in [3.63, 3.8) is 0 Å². The van der Waals surface area contributed by atoms with Crippen LogP contribution in [-0.4, -0.2) is 69.5 Å². The smallest absolute Gasteiger partial charge is 0.410 e. The molecule has 0 saturated carbocycles. The van der Waals surface area contributed by atoms with Gasteiger partial charge in [-0.2, -0.15) is 0 Å². The fourth-order valence-electron chi connectivity index (χ4n) is 3.61. The van der Waals surface area contributed by atoms with E-state index in [9.17, 15) is 18.0 Å². The fraction of sp³-hybridized carbons (Fsp3) is 0.458. The summed E-state index contributed by atoms with van der Waals surface area (Å²) in [5.74, 6) is -0.0994. The number of amides is 1. The summed E-state index contributed by atoms with van der Waals surface area (Å²) >= 11 is 0. The van der Waals surface area contributed by atoms with Crippen molar-refractivity contribution < 1.29 is 32.2 Å². The number of hydrogen-bond donors (Lipinski definition) is 0. The number of pyridine rings is 1. The number of aromatic nitrogens is 1. The average molecular weight is 491 g/mol. The third-order valence-electron chi connectivity index (χ3n) is 5.50. The molecule has 9 nitrogen and oxygen atoms in total. The first-order valence-electron chi connectivity index (χ1n) is 11.1. The van der Waals surface area contributed by atoms with Crippen LogP contribution in [0, 0.1) is 5.92 Å².